The van der Waals surface area contributed by atoms with Gasteiger partial charge in [-0.15, -0.1) is 0 Å². The first-order valence-corrected chi connectivity index (χ1v) is 3.87. The predicted molar refractivity (Wildman–Crippen MR) is 48.8 cm³/mol. The van der Waals surface area contributed by atoms with E-state index in [-0.39, 0.29) is 0 Å². The van der Waals surface area contributed by atoms with Crippen LogP contribution in [0, 0.1) is 0 Å². The largest absolute Gasteiger partial charge is 0.399 e. The van der Waals surface area contributed by atoms with Gasteiger partial charge < -0.3 is 5.73 Å². The molecule has 10 heavy (non-hydrogen) atoms. The Morgan fingerprint density at radius 1 is 1.40 bits per heavy atom. The maximum Gasteiger partial charge on any atom is 0.0319 e. The Hall–Kier alpha value is -0.760. The van der Waals surface area contributed by atoms with Gasteiger partial charge in [-0.2, -0.15) is 0 Å². The summed E-state index contributed by atoms with van der Waals surface area (Å²) in [5, 5.41) is 0. The van der Waals surface area contributed by atoms with E-state index >= 15 is 0 Å². The van der Waals surface area contributed by atoms with Gasteiger partial charge in [0.2, 0.25) is 0 Å². The lowest BCUT2D eigenvalue weighted by atomic mass is 10.2. The fraction of sp³-hybridized carbons (Fsp3) is 0. The molecule has 0 radical (unpaired) electrons. The molecular formula is C8H8BrN. The summed E-state index contributed by atoms with van der Waals surface area (Å²) in [6, 6.07) is 7.70. The third-order valence-electron chi connectivity index (χ3n) is 1.17. The molecule has 0 saturated carbocycles. The van der Waals surface area contributed by atoms with E-state index in [1.165, 1.54) is 0 Å². The van der Waals surface area contributed by atoms with E-state index in [0.29, 0.717) is 0 Å². The van der Waals surface area contributed by atoms with Crippen molar-refractivity contribution in [3.63, 3.8) is 0 Å². The second-order valence-corrected chi connectivity index (χ2v) is 2.49. The maximum atomic E-state index is 5.54. The van der Waals surface area contributed by atoms with Crippen LogP contribution in [0.15, 0.2) is 29.3 Å². The summed E-state index contributed by atoms with van der Waals surface area (Å²) in [6.07, 6.45) is 1.94. The number of benzene rings is 1. The number of anilines is 1. The molecule has 1 rings (SSSR count). The molecule has 2 heteroatoms. The third-order valence-corrected chi connectivity index (χ3v) is 1.43. The topological polar surface area (TPSA) is 26.0 Å². The molecular weight excluding hydrogens is 190 g/mol. The molecule has 0 aliphatic carbocycles. The van der Waals surface area contributed by atoms with Gasteiger partial charge in [0.25, 0.3) is 0 Å². The van der Waals surface area contributed by atoms with E-state index in [2.05, 4.69) is 15.9 Å². The summed E-state index contributed by atoms with van der Waals surface area (Å²) in [7, 11) is 0. The number of rotatable bonds is 1. The summed E-state index contributed by atoms with van der Waals surface area (Å²) in [4.78, 5) is 1.81. The van der Waals surface area contributed by atoms with Crippen LogP contribution in [-0.4, -0.2) is 0 Å². The van der Waals surface area contributed by atoms with Gasteiger partial charge in [-0.3, -0.25) is 0 Å². The molecule has 52 valence electrons. The lowest BCUT2D eigenvalue weighted by Gasteiger charge is -1.93. The Bertz CT molecular complexity index is 243. The van der Waals surface area contributed by atoms with Crippen LogP contribution >= 0.6 is 15.9 Å². The van der Waals surface area contributed by atoms with Crippen molar-refractivity contribution in [1.82, 2.24) is 0 Å². The zero-order valence-electron chi connectivity index (χ0n) is 5.42. The number of hydrogen-bond acceptors (Lipinski definition) is 1. The van der Waals surface area contributed by atoms with Crippen LogP contribution in [0.4, 0.5) is 5.69 Å². The van der Waals surface area contributed by atoms with E-state index < -0.39 is 0 Å². The van der Waals surface area contributed by atoms with Gasteiger partial charge in [-0.05, 0) is 28.8 Å². The smallest absolute Gasteiger partial charge is 0.0319 e. The second kappa shape index (κ2) is 3.42. The predicted octanol–water partition coefficient (Wildman–Crippen LogP) is 2.63. The van der Waals surface area contributed by atoms with Crippen LogP contribution in [0.3, 0.4) is 0 Å². The summed E-state index contributed by atoms with van der Waals surface area (Å²) in [6.45, 7) is 0. The van der Waals surface area contributed by atoms with Gasteiger partial charge in [0.1, 0.15) is 0 Å². The van der Waals surface area contributed by atoms with Gasteiger partial charge in [-0.1, -0.05) is 28.1 Å². The average molecular weight is 198 g/mol. The zero-order chi connectivity index (χ0) is 7.40. The normalized spacial score (nSPS) is 10.5. The Morgan fingerprint density at radius 3 is 2.80 bits per heavy atom. The minimum atomic E-state index is 0.795. The van der Waals surface area contributed by atoms with Crippen LogP contribution in [0.5, 0.6) is 0 Å². The minimum Gasteiger partial charge on any atom is -0.399 e. The van der Waals surface area contributed by atoms with Crippen molar-refractivity contribution in [1.29, 1.82) is 0 Å². The van der Waals surface area contributed by atoms with Crippen molar-refractivity contribution in [2.75, 3.05) is 5.73 Å². The highest BCUT2D eigenvalue weighted by Gasteiger charge is 1.85. The summed E-state index contributed by atoms with van der Waals surface area (Å²) in [5.41, 5.74) is 7.44. The van der Waals surface area contributed by atoms with Crippen LogP contribution in [0.25, 0.3) is 6.08 Å². The first-order chi connectivity index (χ1) is 4.83. The fourth-order valence-electron chi connectivity index (χ4n) is 0.735. The Labute approximate surface area is 68.7 Å². The molecule has 0 atom stereocenters. The van der Waals surface area contributed by atoms with Gasteiger partial charge in [0, 0.05) is 5.69 Å². The number of halogens is 1. The van der Waals surface area contributed by atoms with Gasteiger partial charge in [0.15, 0.2) is 0 Å². The molecule has 0 unspecified atom stereocenters. The first-order valence-electron chi connectivity index (χ1n) is 2.95. The summed E-state index contributed by atoms with van der Waals surface area (Å²) >= 11 is 3.19. The highest BCUT2D eigenvalue weighted by Crippen LogP contribution is 2.08. The molecule has 2 N–H and O–H groups in total. The first kappa shape index (κ1) is 7.35. The maximum absolute atomic E-state index is 5.54. The molecule has 1 aromatic carbocycles. The molecule has 0 aliphatic rings. The van der Waals surface area contributed by atoms with E-state index in [0.717, 1.165) is 11.3 Å². The average Bonchev–Trinajstić information content (AvgIpc) is 1.88. The molecule has 1 nitrogen and oxygen atoms in total. The molecule has 0 aliphatic heterocycles. The van der Waals surface area contributed by atoms with Crippen LogP contribution in [0.1, 0.15) is 5.56 Å². The lowest BCUT2D eigenvalue weighted by Crippen LogP contribution is -1.82. The van der Waals surface area contributed by atoms with Crippen LogP contribution in [-0.2, 0) is 0 Å². The van der Waals surface area contributed by atoms with Gasteiger partial charge >= 0.3 is 0 Å². The van der Waals surface area contributed by atoms with E-state index in [1.807, 2.05) is 35.3 Å². The molecule has 0 amide bonds. The molecule has 0 heterocycles. The van der Waals surface area contributed by atoms with Crippen molar-refractivity contribution in [3.8, 4) is 0 Å². The molecule has 0 aromatic heterocycles. The minimum absolute atomic E-state index is 0.795. The second-order valence-electron chi connectivity index (χ2n) is 1.96. The summed E-state index contributed by atoms with van der Waals surface area (Å²) in [5.74, 6) is 0. The van der Waals surface area contributed by atoms with Crippen molar-refractivity contribution in [2.45, 2.75) is 0 Å². The quantitative estimate of drug-likeness (QED) is 0.689. The van der Waals surface area contributed by atoms with Gasteiger partial charge in [-0.25, -0.2) is 0 Å². The standard InChI is InChI=1S/C8H8BrN/c9-5-4-7-2-1-3-8(10)6-7/h1-6H,10H2. The monoisotopic (exact) mass is 197 g/mol. The zero-order valence-corrected chi connectivity index (χ0v) is 7.01. The third kappa shape index (κ3) is 1.88. The highest BCUT2D eigenvalue weighted by molar-refractivity contribution is 9.11. The van der Waals surface area contributed by atoms with Crippen molar-refractivity contribution in [2.24, 2.45) is 0 Å². The van der Waals surface area contributed by atoms with Crippen LogP contribution in [0.2, 0.25) is 0 Å². The lowest BCUT2D eigenvalue weighted by molar-refractivity contribution is 1.65. The van der Waals surface area contributed by atoms with Crippen molar-refractivity contribution < 1.29 is 0 Å². The highest BCUT2D eigenvalue weighted by atomic mass is 79.9. The molecule has 0 fully saturated rings. The number of nitrogen functional groups attached to an aromatic ring is 1. The van der Waals surface area contributed by atoms with Crippen molar-refractivity contribution in [3.05, 3.63) is 34.8 Å². The fourth-order valence-corrected chi connectivity index (χ4v) is 1.04. The molecule has 0 spiro atoms. The SMILES string of the molecule is Nc1cccc(C=CBr)c1. The van der Waals surface area contributed by atoms with Gasteiger partial charge in [0.05, 0.1) is 0 Å². The molecule has 0 bridgehead atoms. The van der Waals surface area contributed by atoms with Crippen molar-refractivity contribution >= 4 is 27.7 Å². The molecule has 0 saturated heterocycles. The van der Waals surface area contributed by atoms with Crippen LogP contribution < -0.4 is 5.73 Å². The number of nitrogens with two attached hydrogens (primary N) is 1. The van der Waals surface area contributed by atoms with E-state index in [9.17, 15) is 0 Å². The Kier molecular flexibility index (Phi) is 2.51. The number of hydrogen-bond donors (Lipinski definition) is 1. The van der Waals surface area contributed by atoms with E-state index in [4.69, 9.17) is 5.73 Å². The summed E-state index contributed by atoms with van der Waals surface area (Å²) < 4.78 is 0. The molecule has 1 aromatic rings. The Balaban J connectivity index is 2.95. The van der Waals surface area contributed by atoms with E-state index in [1.54, 1.807) is 0 Å². The Morgan fingerprint density at radius 2 is 2.20 bits per heavy atom.